The summed E-state index contributed by atoms with van der Waals surface area (Å²) >= 11 is 0. The van der Waals surface area contributed by atoms with Crippen LogP contribution in [-0.2, 0) is 28.0 Å². The molecule has 0 spiro atoms. The summed E-state index contributed by atoms with van der Waals surface area (Å²) in [6, 6.07) is 9.99. The fourth-order valence-corrected chi connectivity index (χ4v) is 3.65. The van der Waals surface area contributed by atoms with Crippen LogP contribution in [0.2, 0.25) is 0 Å². The minimum absolute atomic E-state index is 0. The van der Waals surface area contributed by atoms with Gasteiger partial charge in [-0.1, -0.05) is 24.5 Å². The van der Waals surface area contributed by atoms with Crippen LogP contribution < -0.4 is 4.74 Å². The van der Waals surface area contributed by atoms with Crippen LogP contribution >= 0.6 is 0 Å². The molecule has 171 valence electrons. The van der Waals surface area contributed by atoms with Crippen molar-refractivity contribution < 1.29 is 39.7 Å². The average molecular weight is 488 g/mol. The van der Waals surface area contributed by atoms with Crippen molar-refractivity contribution in [2.45, 2.75) is 31.2 Å². The first kappa shape index (κ1) is 24.3. The fraction of sp³-hybridized carbons (Fsp3) is 0.429. The van der Waals surface area contributed by atoms with Crippen LogP contribution in [0, 0.1) is 12.6 Å². The second-order valence-electron chi connectivity index (χ2n) is 7.30. The monoisotopic (exact) mass is 488 g/mol. The first-order valence-electron chi connectivity index (χ1n) is 9.94. The van der Waals surface area contributed by atoms with E-state index in [1.165, 1.54) is 30.7 Å². The zero-order valence-corrected chi connectivity index (χ0v) is 18.5. The van der Waals surface area contributed by atoms with E-state index < -0.39 is 12.0 Å². The molecule has 0 amide bonds. The van der Waals surface area contributed by atoms with Crippen molar-refractivity contribution in [3.8, 4) is 5.75 Å². The Hall–Kier alpha value is -2.33. The van der Waals surface area contributed by atoms with E-state index in [0.717, 1.165) is 30.0 Å². The number of hydrogen-bond acceptors (Lipinski definition) is 6. The maximum Gasteiger partial charge on any atom is 2.00 e. The predicted octanol–water partition coefficient (Wildman–Crippen LogP) is 3.05. The number of benzene rings is 1. The number of ether oxygens (including phenoxy) is 2. The van der Waals surface area contributed by atoms with Gasteiger partial charge in [-0.15, -0.1) is 17.7 Å². The van der Waals surface area contributed by atoms with Gasteiger partial charge in [-0.05, 0) is 19.4 Å². The quantitative estimate of drug-likeness (QED) is 0.408. The number of piperidine rings is 1. The summed E-state index contributed by atoms with van der Waals surface area (Å²) in [4.78, 5) is 9.22. The molecule has 2 aliphatic heterocycles. The number of methoxy groups -OCH3 is 1. The van der Waals surface area contributed by atoms with Crippen LogP contribution in [0.4, 0.5) is 13.2 Å². The van der Waals surface area contributed by atoms with Crippen molar-refractivity contribution in [3.05, 3.63) is 60.5 Å². The Labute approximate surface area is 194 Å². The molecule has 0 aliphatic carbocycles. The zero-order valence-electron chi connectivity index (χ0n) is 17.3. The standard InChI is InChI=1S/C15H20NO2.C6H2F3N4.Mn/c1-17-14-6-4-8-16(10-14)13-9-12-5-2-3-7-15(12)18-11-13;7-6(8,9)4-11-5-10-2-1-3-13(5)12-4;/h2-3,5,7,9,13-14H,4,6,8,10-11H2,1H3;1-2H;/q2*-1;+2. The Morgan fingerprint density at radius 2 is 2.09 bits per heavy atom. The number of rotatable bonds is 2. The molecule has 2 unspecified atom stereocenters. The van der Waals surface area contributed by atoms with E-state index in [4.69, 9.17) is 9.47 Å². The van der Waals surface area contributed by atoms with Gasteiger partial charge in [0, 0.05) is 25.4 Å². The van der Waals surface area contributed by atoms with Crippen LogP contribution in [0.25, 0.3) is 5.78 Å². The number of likely N-dealkylation sites (tertiary alicyclic amines) is 1. The molecule has 3 aromatic rings. The number of fused-ring (bicyclic) bond motifs is 2. The normalized spacial score (nSPS) is 20.8. The summed E-state index contributed by atoms with van der Waals surface area (Å²) in [6.07, 6.45) is 4.28. The molecule has 2 aliphatic rings. The molecule has 0 bridgehead atoms. The third-order valence-corrected chi connectivity index (χ3v) is 5.22. The van der Waals surface area contributed by atoms with Gasteiger partial charge in [0.2, 0.25) is 5.82 Å². The predicted molar refractivity (Wildman–Crippen MR) is 105 cm³/mol. The first-order chi connectivity index (χ1) is 14.9. The molecule has 1 aromatic carbocycles. The molecule has 5 rings (SSSR count). The summed E-state index contributed by atoms with van der Waals surface area (Å²) in [5, 5.41) is 3.15. The molecule has 1 saturated heterocycles. The van der Waals surface area contributed by atoms with Gasteiger partial charge >= 0.3 is 23.2 Å². The van der Waals surface area contributed by atoms with Crippen molar-refractivity contribution in [1.29, 1.82) is 0 Å². The Morgan fingerprint density at radius 3 is 2.84 bits per heavy atom. The molecule has 2 atom stereocenters. The fourth-order valence-electron chi connectivity index (χ4n) is 3.65. The van der Waals surface area contributed by atoms with Gasteiger partial charge in [0.1, 0.15) is 5.78 Å². The van der Waals surface area contributed by atoms with Crippen LogP contribution in [0.5, 0.6) is 5.75 Å². The third kappa shape index (κ3) is 5.72. The molecule has 2 aromatic heterocycles. The van der Waals surface area contributed by atoms with Gasteiger partial charge in [0.25, 0.3) is 0 Å². The number of aromatic nitrogens is 4. The van der Waals surface area contributed by atoms with Gasteiger partial charge in [0.05, 0.1) is 12.7 Å². The van der Waals surface area contributed by atoms with E-state index >= 15 is 0 Å². The summed E-state index contributed by atoms with van der Waals surface area (Å²) in [5.74, 6) is -0.314. The van der Waals surface area contributed by atoms with Gasteiger partial charge in [-0.25, -0.2) is 0 Å². The Balaban J connectivity index is 0.000000184. The number of para-hydroxylation sites is 1. The summed E-state index contributed by atoms with van der Waals surface area (Å²) < 4.78 is 48.3. The average Bonchev–Trinajstić information content (AvgIpc) is 3.24. The SMILES string of the molecule is COC1CCCN(C2[CH-]c3ccccc3OC2)C1.FC(F)(F)c1nc2ncc[c-]n2n1.[Mn+2]. The molecule has 7 nitrogen and oxygen atoms in total. The Morgan fingerprint density at radius 1 is 1.28 bits per heavy atom. The molecule has 4 heterocycles. The molecular weight excluding hydrogens is 466 g/mol. The van der Waals surface area contributed by atoms with Crippen molar-refractivity contribution in [2.24, 2.45) is 0 Å². The minimum atomic E-state index is -4.54. The minimum Gasteiger partial charge on any atom is -0.550 e. The van der Waals surface area contributed by atoms with Gasteiger partial charge < -0.3 is 23.9 Å². The maximum atomic E-state index is 12.0. The molecule has 32 heavy (non-hydrogen) atoms. The van der Waals surface area contributed by atoms with E-state index in [1.807, 2.05) is 19.2 Å². The number of hydrogen-bond donors (Lipinski definition) is 0. The van der Waals surface area contributed by atoms with Crippen molar-refractivity contribution in [2.75, 3.05) is 26.8 Å². The molecule has 1 fully saturated rings. The van der Waals surface area contributed by atoms with Crippen molar-refractivity contribution in [1.82, 2.24) is 24.5 Å². The van der Waals surface area contributed by atoms with Gasteiger partial charge in [0.15, 0.2) is 0 Å². The first-order valence-corrected chi connectivity index (χ1v) is 9.94. The molecular formula is C21H22F3MnN5O2. The molecule has 0 N–H and O–H groups in total. The smallest absolute Gasteiger partial charge is 0.550 e. The van der Waals surface area contributed by atoms with Crippen LogP contribution in [0.1, 0.15) is 24.2 Å². The van der Waals surface area contributed by atoms with Crippen LogP contribution in [0.15, 0.2) is 36.5 Å². The molecule has 1 radical (unpaired) electrons. The third-order valence-electron chi connectivity index (χ3n) is 5.22. The maximum absolute atomic E-state index is 12.0. The summed E-state index contributed by atoms with van der Waals surface area (Å²) in [5.41, 5.74) is 1.22. The number of alkyl halides is 3. The van der Waals surface area contributed by atoms with Crippen LogP contribution in [0.3, 0.4) is 0 Å². The second kappa shape index (κ2) is 10.5. The Bertz CT molecular complexity index is 983. The van der Waals surface area contributed by atoms with Crippen LogP contribution in [-0.4, -0.2) is 63.4 Å². The summed E-state index contributed by atoms with van der Waals surface area (Å²) in [7, 11) is 1.81. The van der Waals surface area contributed by atoms with Crippen molar-refractivity contribution >= 4 is 5.78 Å². The summed E-state index contributed by atoms with van der Waals surface area (Å²) in [6.45, 7) is 2.92. The molecule has 0 saturated carbocycles. The molecule has 11 heteroatoms. The van der Waals surface area contributed by atoms with Gasteiger partial charge in [-0.2, -0.15) is 30.8 Å². The van der Waals surface area contributed by atoms with E-state index in [2.05, 4.69) is 44.7 Å². The zero-order chi connectivity index (χ0) is 21.8. The topological polar surface area (TPSA) is 64.8 Å². The number of halogens is 3. The van der Waals surface area contributed by atoms with E-state index in [1.54, 1.807) is 0 Å². The number of nitrogens with zero attached hydrogens (tertiary/aromatic N) is 5. The van der Waals surface area contributed by atoms with E-state index in [9.17, 15) is 13.2 Å². The second-order valence-corrected chi connectivity index (χ2v) is 7.30. The van der Waals surface area contributed by atoms with E-state index in [0.29, 0.717) is 12.1 Å². The van der Waals surface area contributed by atoms with Gasteiger partial charge in [-0.3, -0.25) is 4.98 Å². The Kier molecular flexibility index (Phi) is 8.00. The largest absolute Gasteiger partial charge is 2.00 e. The van der Waals surface area contributed by atoms with E-state index in [-0.39, 0.29) is 22.8 Å². The van der Waals surface area contributed by atoms with Crippen molar-refractivity contribution in [3.63, 3.8) is 0 Å².